The van der Waals surface area contributed by atoms with Gasteiger partial charge in [0.1, 0.15) is 5.65 Å². The van der Waals surface area contributed by atoms with Gasteiger partial charge in [0.05, 0.1) is 25.5 Å². The highest BCUT2D eigenvalue weighted by Crippen LogP contribution is 2.43. The Morgan fingerprint density at radius 3 is 2.53 bits per heavy atom. The van der Waals surface area contributed by atoms with Crippen molar-refractivity contribution in [2.45, 2.75) is 83.5 Å². The summed E-state index contributed by atoms with van der Waals surface area (Å²) in [5, 5.41) is 4.32. The average Bonchev–Trinajstić information content (AvgIpc) is 3.49. The summed E-state index contributed by atoms with van der Waals surface area (Å²) in [7, 11) is -1.87. The van der Waals surface area contributed by atoms with Crippen molar-refractivity contribution in [2.24, 2.45) is 0 Å². The Balaban J connectivity index is 1.49. The van der Waals surface area contributed by atoms with Gasteiger partial charge in [0.2, 0.25) is 0 Å². The number of hydrogen-bond acceptors (Lipinski definition) is 6. The third kappa shape index (κ3) is 4.89. The molecule has 0 bridgehead atoms. The first-order valence-corrected chi connectivity index (χ1v) is 17.4. The predicted octanol–water partition coefficient (Wildman–Crippen LogP) is 6.77. The molecule has 0 unspecified atom stereocenters. The number of morpholine rings is 1. The number of aromatic nitrogens is 3. The zero-order valence-electron chi connectivity index (χ0n) is 22.8. The molecule has 0 amide bonds. The number of nitrogens with zero attached hydrogens (tertiary/aromatic N) is 4. The summed E-state index contributed by atoms with van der Waals surface area (Å²) < 4.78 is 13.8. The van der Waals surface area contributed by atoms with Crippen LogP contribution in [0.3, 0.4) is 0 Å². The molecule has 196 valence electrons. The van der Waals surface area contributed by atoms with Crippen LogP contribution < -0.4 is 4.74 Å². The molecule has 0 spiro atoms. The Kier molecular flexibility index (Phi) is 7.33. The van der Waals surface area contributed by atoms with E-state index in [-0.39, 0.29) is 5.04 Å². The minimum atomic E-state index is -1.87. The summed E-state index contributed by atoms with van der Waals surface area (Å²) in [4.78, 5) is 12.6. The first kappa shape index (κ1) is 25.9. The molecule has 1 aliphatic heterocycles. The molecule has 0 N–H and O–H groups in total. The second-order valence-electron chi connectivity index (χ2n) is 11.9. The number of thiazole rings is 1. The van der Waals surface area contributed by atoms with Crippen molar-refractivity contribution in [1.82, 2.24) is 19.1 Å². The van der Waals surface area contributed by atoms with Crippen LogP contribution in [0.4, 0.5) is 0 Å². The number of pyridine rings is 1. The zero-order chi connectivity index (χ0) is 25.5. The Bertz CT molecular complexity index is 1180. The van der Waals surface area contributed by atoms with Crippen LogP contribution in [0.2, 0.25) is 18.1 Å². The SMILES string of the molecule is CCOc1nc(-c2cn([Si](C)(C)C(C)(C)C)c3ncc([C@H]4CC[C@H](N5CCOCC5)CC4)cc23)cs1. The third-order valence-corrected chi connectivity index (χ3v) is 14.8. The van der Waals surface area contributed by atoms with Gasteiger partial charge in [-0.2, -0.15) is 0 Å². The van der Waals surface area contributed by atoms with Crippen LogP contribution in [0, 0.1) is 0 Å². The topological polar surface area (TPSA) is 52.4 Å². The smallest absolute Gasteiger partial charge is 0.273 e. The lowest BCUT2D eigenvalue weighted by atomic mass is 9.81. The highest BCUT2D eigenvalue weighted by atomic mass is 32.1. The largest absolute Gasteiger partial charge is 0.470 e. The normalized spacial score (nSPS) is 22.3. The molecule has 1 saturated heterocycles. The van der Waals surface area contributed by atoms with Gasteiger partial charge in [0, 0.05) is 47.9 Å². The van der Waals surface area contributed by atoms with Gasteiger partial charge in [-0.1, -0.05) is 45.2 Å². The lowest BCUT2D eigenvalue weighted by Gasteiger charge is -2.39. The quantitative estimate of drug-likeness (QED) is 0.332. The molecular formula is C28H42N4O2SSi. The van der Waals surface area contributed by atoms with Crippen LogP contribution in [-0.2, 0) is 4.74 Å². The molecule has 3 aromatic rings. The summed E-state index contributed by atoms with van der Waals surface area (Å²) in [6.45, 7) is 18.6. The second kappa shape index (κ2) is 10.2. The monoisotopic (exact) mass is 526 g/mol. The summed E-state index contributed by atoms with van der Waals surface area (Å²) in [5.41, 5.74) is 4.68. The highest BCUT2D eigenvalue weighted by Gasteiger charge is 2.39. The van der Waals surface area contributed by atoms with Crippen LogP contribution >= 0.6 is 11.3 Å². The molecule has 5 rings (SSSR count). The van der Waals surface area contributed by atoms with E-state index >= 15 is 0 Å². The molecule has 0 aromatic carbocycles. The Morgan fingerprint density at radius 1 is 1.14 bits per heavy atom. The van der Waals surface area contributed by atoms with Gasteiger partial charge >= 0.3 is 0 Å². The molecule has 1 saturated carbocycles. The van der Waals surface area contributed by atoms with Crippen LogP contribution in [0.5, 0.6) is 5.19 Å². The van der Waals surface area contributed by atoms with Crippen molar-refractivity contribution in [3.8, 4) is 16.5 Å². The first-order chi connectivity index (χ1) is 17.2. The fraction of sp³-hybridized carbons (Fsp3) is 0.643. The molecule has 1 aliphatic carbocycles. The molecule has 4 heterocycles. The van der Waals surface area contributed by atoms with Gasteiger partial charge in [-0.05, 0) is 55.2 Å². The maximum atomic E-state index is 5.71. The molecule has 2 fully saturated rings. The summed E-state index contributed by atoms with van der Waals surface area (Å²) in [6, 6.07) is 3.14. The lowest BCUT2D eigenvalue weighted by molar-refractivity contribution is 0.00729. The predicted molar refractivity (Wildman–Crippen MR) is 152 cm³/mol. The van der Waals surface area contributed by atoms with E-state index in [0.29, 0.717) is 18.6 Å². The third-order valence-electron chi connectivity index (χ3n) is 8.86. The van der Waals surface area contributed by atoms with Crippen molar-refractivity contribution in [3.05, 3.63) is 29.4 Å². The summed E-state index contributed by atoms with van der Waals surface area (Å²) in [5.74, 6) is 0.581. The number of ether oxygens (including phenoxy) is 2. The Hall–Kier alpha value is -1.74. The van der Waals surface area contributed by atoms with Gasteiger partial charge in [-0.25, -0.2) is 9.97 Å². The summed E-state index contributed by atoms with van der Waals surface area (Å²) in [6.07, 6.45) is 9.51. The van der Waals surface area contributed by atoms with E-state index in [4.69, 9.17) is 19.4 Å². The van der Waals surface area contributed by atoms with Gasteiger partial charge in [-0.15, -0.1) is 0 Å². The van der Waals surface area contributed by atoms with Crippen molar-refractivity contribution in [3.63, 3.8) is 0 Å². The molecule has 0 atom stereocenters. The minimum absolute atomic E-state index is 0.201. The molecule has 8 heteroatoms. The Morgan fingerprint density at radius 2 is 1.86 bits per heavy atom. The molecule has 2 aliphatic rings. The van der Waals surface area contributed by atoms with Crippen LogP contribution in [0.15, 0.2) is 23.8 Å². The van der Waals surface area contributed by atoms with Crippen LogP contribution in [-0.4, -0.2) is 66.3 Å². The molecule has 6 nitrogen and oxygen atoms in total. The van der Waals surface area contributed by atoms with E-state index in [1.165, 1.54) is 42.2 Å². The van der Waals surface area contributed by atoms with Crippen LogP contribution in [0.25, 0.3) is 22.3 Å². The van der Waals surface area contributed by atoms with Gasteiger partial charge in [-0.3, -0.25) is 4.90 Å². The lowest BCUT2D eigenvalue weighted by Crippen LogP contribution is -2.45. The van der Waals surface area contributed by atoms with Crippen molar-refractivity contribution < 1.29 is 9.47 Å². The average molecular weight is 527 g/mol. The molecule has 36 heavy (non-hydrogen) atoms. The fourth-order valence-electron chi connectivity index (χ4n) is 5.63. The first-order valence-electron chi connectivity index (χ1n) is 13.6. The Labute approximate surface area is 221 Å². The number of hydrogen-bond donors (Lipinski definition) is 0. The molecule has 0 radical (unpaired) electrons. The van der Waals surface area contributed by atoms with Crippen molar-refractivity contribution in [1.29, 1.82) is 0 Å². The molecule has 3 aromatic heterocycles. The highest BCUT2D eigenvalue weighted by molar-refractivity contribution is 7.11. The number of fused-ring (bicyclic) bond motifs is 1. The van der Waals surface area contributed by atoms with E-state index in [1.807, 2.05) is 6.92 Å². The zero-order valence-corrected chi connectivity index (χ0v) is 24.7. The minimum Gasteiger partial charge on any atom is -0.470 e. The van der Waals surface area contributed by atoms with Crippen molar-refractivity contribution >= 4 is 30.6 Å². The van der Waals surface area contributed by atoms with E-state index in [9.17, 15) is 0 Å². The van der Waals surface area contributed by atoms with Gasteiger partial charge in [0.15, 0.2) is 8.24 Å². The van der Waals surface area contributed by atoms with Crippen LogP contribution in [0.1, 0.15) is 64.9 Å². The van der Waals surface area contributed by atoms with E-state index in [0.717, 1.165) is 42.8 Å². The molecular weight excluding hydrogens is 484 g/mol. The second-order valence-corrected chi connectivity index (χ2v) is 17.9. The maximum absolute atomic E-state index is 5.71. The number of rotatable bonds is 6. The maximum Gasteiger partial charge on any atom is 0.273 e. The van der Waals surface area contributed by atoms with Gasteiger partial charge < -0.3 is 13.7 Å². The van der Waals surface area contributed by atoms with E-state index < -0.39 is 8.24 Å². The van der Waals surface area contributed by atoms with E-state index in [1.54, 1.807) is 11.3 Å². The summed E-state index contributed by atoms with van der Waals surface area (Å²) >= 11 is 1.58. The van der Waals surface area contributed by atoms with Gasteiger partial charge in [0.25, 0.3) is 5.19 Å². The fourth-order valence-corrected chi connectivity index (χ4v) is 8.24. The van der Waals surface area contributed by atoms with E-state index in [2.05, 4.69) is 66.8 Å². The standard InChI is InChI=1S/C28H42N4O2SSi/c1-7-34-27-30-25(19-35-27)24-18-32(36(5,6)28(2,3)4)26-23(24)16-21(17-29-26)20-8-10-22(11-9-20)31-12-14-33-15-13-31/h16-20,22H,7-15H2,1-6H3/t20-,22-. The van der Waals surface area contributed by atoms with Crippen molar-refractivity contribution in [2.75, 3.05) is 32.9 Å².